The number of pyridine rings is 2. The Morgan fingerprint density at radius 1 is 0.657 bits per heavy atom. The van der Waals surface area contributed by atoms with Gasteiger partial charge >= 0.3 is 6.09 Å². The van der Waals surface area contributed by atoms with Gasteiger partial charge in [0.15, 0.2) is 0 Å². The Bertz CT molecular complexity index is 3200. The molecule has 8 aromatic rings. The third-order valence-corrected chi connectivity index (χ3v) is 10.3. The van der Waals surface area contributed by atoms with Crippen LogP contribution in [0.5, 0.6) is 0 Å². The molecule has 0 saturated carbocycles. The summed E-state index contributed by atoms with van der Waals surface area (Å²) in [4.78, 5) is 58.9. The molecular weight excluding hydrogens is 861 g/mol. The summed E-state index contributed by atoms with van der Waals surface area (Å²) in [7, 11) is 0. The Kier molecular flexibility index (Phi) is 14.2. The minimum atomic E-state index is -0.610. The van der Waals surface area contributed by atoms with Crippen molar-refractivity contribution in [3.63, 3.8) is 0 Å². The minimum Gasteiger partial charge on any atom is -0.444 e. The van der Waals surface area contributed by atoms with E-state index in [9.17, 15) is 34.6 Å². The smallest absolute Gasteiger partial charge is 0.407 e. The van der Waals surface area contributed by atoms with Crippen molar-refractivity contribution in [1.82, 2.24) is 34.8 Å². The molecule has 20 nitrogen and oxygen atoms in total. The molecule has 4 heterocycles. The number of amides is 1. The summed E-state index contributed by atoms with van der Waals surface area (Å²) in [6.07, 6.45) is 6.42. The van der Waals surface area contributed by atoms with E-state index in [0.29, 0.717) is 35.6 Å². The third kappa shape index (κ3) is 11.9. The van der Waals surface area contributed by atoms with E-state index in [0.717, 1.165) is 44.1 Å². The van der Waals surface area contributed by atoms with E-state index in [4.69, 9.17) is 10.5 Å². The van der Waals surface area contributed by atoms with Crippen molar-refractivity contribution in [1.29, 1.82) is 0 Å². The molecule has 1 amide bonds. The molecule has 0 aliphatic heterocycles. The summed E-state index contributed by atoms with van der Waals surface area (Å²) < 4.78 is 8.22. The molecule has 67 heavy (non-hydrogen) atoms. The van der Waals surface area contributed by atoms with E-state index >= 15 is 0 Å². The number of carbonyl (C=O) groups excluding carboxylic acids is 1. The quantitative estimate of drug-likeness (QED) is 0.0344. The van der Waals surface area contributed by atoms with Crippen LogP contribution in [0.25, 0.3) is 44.1 Å². The highest BCUT2D eigenvalue weighted by molar-refractivity contribution is 5.84. The Hall–Kier alpha value is -8.65. The maximum atomic E-state index is 12.5. The van der Waals surface area contributed by atoms with Crippen molar-refractivity contribution in [2.45, 2.75) is 39.5 Å². The Balaban J connectivity index is 0.000000203. The van der Waals surface area contributed by atoms with Gasteiger partial charge in [0.1, 0.15) is 17.0 Å². The predicted molar refractivity (Wildman–Crippen MR) is 256 cm³/mol. The second kappa shape index (κ2) is 20.5. The van der Waals surface area contributed by atoms with Crippen molar-refractivity contribution in [2.24, 2.45) is 5.73 Å². The first kappa shape index (κ1) is 46.3. The second-order valence-corrected chi connectivity index (χ2v) is 16.4. The van der Waals surface area contributed by atoms with Gasteiger partial charge in [0.05, 0.1) is 46.4 Å². The zero-order valence-corrected chi connectivity index (χ0v) is 36.8. The van der Waals surface area contributed by atoms with Crippen molar-refractivity contribution in [3.05, 3.63) is 174 Å². The number of hydrogen-bond acceptors (Lipinski definition) is 13. The van der Waals surface area contributed by atoms with Crippen LogP contribution in [0.4, 0.5) is 27.5 Å². The highest BCUT2D eigenvalue weighted by Crippen LogP contribution is 2.29. The van der Waals surface area contributed by atoms with Crippen LogP contribution in [0.15, 0.2) is 131 Å². The summed E-state index contributed by atoms with van der Waals surface area (Å²) >= 11 is 0. The van der Waals surface area contributed by atoms with Crippen LogP contribution in [0.3, 0.4) is 0 Å². The monoisotopic (exact) mass is 908 g/mol. The highest BCUT2D eigenvalue weighted by atomic mass is 16.6. The van der Waals surface area contributed by atoms with Gasteiger partial charge in [0.25, 0.3) is 22.5 Å². The maximum Gasteiger partial charge on any atom is 0.407 e. The van der Waals surface area contributed by atoms with Gasteiger partial charge in [0.2, 0.25) is 0 Å². The molecule has 0 radical (unpaired) electrons. The third-order valence-electron chi connectivity index (χ3n) is 10.3. The van der Waals surface area contributed by atoms with Crippen molar-refractivity contribution >= 4 is 50.6 Å². The van der Waals surface area contributed by atoms with Crippen molar-refractivity contribution in [2.75, 3.05) is 36.8 Å². The van der Waals surface area contributed by atoms with Crippen molar-refractivity contribution in [3.8, 4) is 22.3 Å². The van der Waals surface area contributed by atoms with Gasteiger partial charge in [-0.1, -0.05) is 36.4 Å². The fraction of sp³-hybridized carbons (Fsp3) is 0.213. The average molecular weight is 909 g/mol. The number of ether oxygens (including phenoxy) is 1. The van der Waals surface area contributed by atoms with Crippen LogP contribution in [-0.4, -0.2) is 77.2 Å². The molecule has 0 bridgehead atoms. The Morgan fingerprint density at radius 2 is 1.12 bits per heavy atom. The molecule has 0 atom stereocenters. The molecule has 8 rings (SSSR count). The van der Waals surface area contributed by atoms with Crippen LogP contribution in [-0.2, 0) is 17.8 Å². The molecule has 0 fully saturated rings. The number of carbonyl (C=O) groups is 1. The molecule has 0 saturated heterocycles. The SMILES string of the molecule is CC(C)(C)OC(=O)NCCNc1ccc(Cn2cc(-c3ccc4cn[nH]c4c3)ccc2=O)cc1[N+](=O)[O-].NCCNc1ccc(Cn2cc(-c3ccc4cn[nH]c4c3)ccc2=O)cc1[N+](=O)[O-]. The standard InChI is InChI=1S/C26H28N6O5.C21H20N6O3/c1-26(2,3)37-25(34)28-11-10-27-21-8-4-17(12-23(21)32(35)36)15-31-16-20(7-9-24(31)33)18-5-6-19-14-29-30-22(19)13-18;22-7-8-23-18-5-1-14(9-20(18)27(29)30)12-26-13-17(4-6-21(26)28)15-2-3-16-11-24-25-19(16)10-15/h4-9,12-14,16,27H,10-11,15H2,1-3H3,(H,28,34)(H,29,30);1-6,9-11,13,23H,7-8,12,22H2,(H,24,25). The lowest BCUT2D eigenvalue weighted by molar-refractivity contribution is -0.384. The molecule has 7 N–H and O–H groups in total. The number of anilines is 2. The van der Waals surface area contributed by atoms with Crippen LogP contribution in [0.1, 0.15) is 31.9 Å². The number of rotatable bonds is 15. The van der Waals surface area contributed by atoms with Gasteiger partial charge in [-0.05, 0) is 90.6 Å². The van der Waals surface area contributed by atoms with E-state index in [1.165, 1.54) is 28.8 Å². The molecule has 0 aliphatic rings. The molecule has 0 aliphatic carbocycles. The normalized spacial score (nSPS) is 11.2. The first-order valence-electron chi connectivity index (χ1n) is 21.1. The van der Waals surface area contributed by atoms with Crippen LogP contribution >= 0.6 is 0 Å². The number of fused-ring (bicyclic) bond motifs is 2. The first-order chi connectivity index (χ1) is 32.1. The number of nitro benzene ring substituents is 2. The summed E-state index contributed by atoms with van der Waals surface area (Å²) in [5.41, 5.74) is 11.6. The first-order valence-corrected chi connectivity index (χ1v) is 21.1. The van der Waals surface area contributed by atoms with Gasteiger partial charge in [-0.15, -0.1) is 0 Å². The van der Waals surface area contributed by atoms with E-state index in [2.05, 4.69) is 36.3 Å². The van der Waals surface area contributed by atoms with E-state index < -0.39 is 21.5 Å². The zero-order chi connectivity index (χ0) is 47.7. The number of hydrogen-bond donors (Lipinski definition) is 6. The molecule has 0 unspecified atom stereocenters. The van der Waals surface area contributed by atoms with Crippen LogP contribution < -0.4 is 32.8 Å². The Morgan fingerprint density at radius 3 is 1.57 bits per heavy atom. The van der Waals surface area contributed by atoms with E-state index in [1.807, 2.05) is 36.4 Å². The molecule has 4 aromatic carbocycles. The lowest BCUT2D eigenvalue weighted by Crippen LogP contribution is -2.35. The summed E-state index contributed by atoms with van der Waals surface area (Å²) in [5.74, 6) is 0. The summed E-state index contributed by atoms with van der Waals surface area (Å²) in [6, 6.07) is 27.9. The molecule has 0 spiro atoms. The number of nitrogens with zero attached hydrogens (tertiary/aromatic N) is 6. The number of benzene rings is 4. The summed E-state index contributed by atoms with van der Waals surface area (Å²) in [6.45, 7) is 6.97. The van der Waals surface area contributed by atoms with Gasteiger partial charge in [0, 0.05) is 73.6 Å². The lowest BCUT2D eigenvalue weighted by Gasteiger charge is -2.19. The van der Waals surface area contributed by atoms with Gasteiger partial charge in [-0.3, -0.25) is 40.0 Å². The minimum absolute atomic E-state index is 0.0464. The second-order valence-electron chi connectivity index (χ2n) is 16.4. The molecule has 4 aromatic heterocycles. The lowest BCUT2D eigenvalue weighted by atomic mass is 10.1. The van der Waals surface area contributed by atoms with Crippen LogP contribution in [0, 0.1) is 20.2 Å². The van der Waals surface area contributed by atoms with E-state index in [1.54, 1.807) is 86.5 Å². The summed E-state index contributed by atoms with van der Waals surface area (Å²) in [5, 5.41) is 47.6. The fourth-order valence-electron chi connectivity index (χ4n) is 7.11. The highest BCUT2D eigenvalue weighted by Gasteiger charge is 2.18. The molecule has 20 heteroatoms. The van der Waals surface area contributed by atoms with E-state index in [-0.39, 0.29) is 48.7 Å². The number of H-pyrrole nitrogens is 2. The number of aromatic nitrogens is 6. The topological polar surface area (TPSA) is 276 Å². The number of aromatic amines is 2. The Labute approximate surface area is 382 Å². The van der Waals surface area contributed by atoms with Crippen molar-refractivity contribution < 1.29 is 19.4 Å². The number of nitrogens with one attached hydrogen (secondary N) is 5. The number of nitrogens with two attached hydrogens (primary N) is 1. The van der Waals surface area contributed by atoms with Gasteiger partial charge in [-0.25, -0.2) is 4.79 Å². The molecular formula is C47H48N12O8. The predicted octanol–water partition coefficient (Wildman–Crippen LogP) is 7.00. The average Bonchev–Trinajstić information content (AvgIpc) is 3.98. The molecule has 344 valence electrons. The zero-order valence-electron chi connectivity index (χ0n) is 36.8. The maximum absolute atomic E-state index is 12.5. The largest absolute Gasteiger partial charge is 0.444 e. The van der Waals surface area contributed by atoms with Gasteiger partial charge < -0.3 is 35.6 Å². The number of alkyl carbamates (subject to hydrolysis) is 1. The van der Waals surface area contributed by atoms with Crippen LogP contribution in [0.2, 0.25) is 0 Å². The van der Waals surface area contributed by atoms with Gasteiger partial charge in [-0.2, -0.15) is 10.2 Å². The number of nitro groups is 2. The fourth-order valence-corrected chi connectivity index (χ4v) is 7.11.